The molecular weight excluding hydrogens is 406 g/mol. The van der Waals surface area contributed by atoms with E-state index in [1.165, 1.54) is 5.01 Å². The average molecular weight is 423 g/mol. The van der Waals surface area contributed by atoms with Crippen LogP contribution in [0, 0.1) is 0 Å². The number of thioether (sulfide) groups is 1. The van der Waals surface area contributed by atoms with Gasteiger partial charge in [-0.2, -0.15) is 10.1 Å². The number of rotatable bonds is 6. The molecule has 0 bridgehead atoms. The van der Waals surface area contributed by atoms with Crippen LogP contribution < -0.4 is 15.1 Å². The first kappa shape index (κ1) is 19.6. The van der Waals surface area contributed by atoms with Crippen molar-refractivity contribution in [3.63, 3.8) is 0 Å². The monoisotopic (exact) mass is 423 g/mol. The van der Waals surface area contributed by atoms with Crippen LogP contribution >= 0.6 is 11.8 Å². The molecule has 0 fully saturated rings. The van der Waals surface area contributed by atoms with E-state index in [4.69, 9.17) is 9.15 Å². The molecule has 0 spiro atoms. The first-order chi connectivity index (χ1) is 14.6. The Morgan fingerprint density at radius 3 is 2.73 bits per heavy atom. The fourth-order valence-electron chi connectivity index (χ4n) is 2.79. The first-order valence-corrected chi connectivity index (χ1v) is 9.97. The summed E-state index contributed by atoms with van der Waals surface area (Å²) in [7, 11) is 1.56. The molecule has 1 aliphatic heterocycles. The van der Waals surface area contributed by atoms with Crippen molar-refractivity contribution in [2.75, 3.05) is 17.9 Å². The van der Waals surface area contributed by atoms with Gasteiger partial charge in [-0.3, -0.25) is 9.59 Å². The SMILES string of the molecule is COc1ccccc1-c1nnc(SCC(=O)NC2=NN(c3ccccc3)C(=O)C2)o1. The fraction of sp³-hybridized carbons (Fsp3) is 0.150. The molecule has 9 nitrogen and oxygen atoms in total. The molecule has 0 saturated carbocycles. The van der Waals surface area contributed by atoms with Crippen LogP contribution in [0.3, 0.4) is 0 Å². The summed E-state index contributed by atoms with van der Waals surface area (Å²) in [6, 6.07) is 16.3. The molecule has 0 aliphatic carbocycles. The van der Waals surface area contributed by atoms with Gasteiger partial charge in [0.05, 0.1) is 30.5 Å². The normalized spacial score (nSPS) is 13.3. The smallest absolute Gasteiger partial charge is 0.277 e. The molecule has 1 N–H and O–H groups in total. The number of carbonyl (C=O) groups is 2. The van der Waals surface area contributed by atoms with Crippen molar-refractivity contribution in [3.8, 4) is 17.2 Å². The largest absolute Gasteiger partial charge is 0.496 e. The fourth-order valence-corrected chi connectivity index (χ4v) is 3.36. The summed E-state index contributed by atoms with van der Waals surface area (Å²) < 4.78 is 10.9. The van der Waals surface area contributed by atoms with Crippen LogP contribution in [-0.2, 0) is 9.59 Å². The molecule has 0 radical (unpaired) electrons. The van der Waals surface area contributed by atoms with Crippen molar-refractivity contribution in [2.24, 2.45) is 5.10 Å². The summed E-state index contributed by atoms with van der Waals surface area (Å²) in [5, 5.41) is 16.3. The zero-order valence-electron chi connectivity index (χ0n) is 15.9. The van der Waals surface area contributed by atoms with Crippen LogP contribution in [0.15, 0.2) is 69.3 Å². The van der Waals surface area contributed by atoms with Gasteiger partial charge in [-0.15, -0.1) is 10.2 Å². The number of para-hydroxylation sites is 2. The molecule has 1 aromatic heterocycles. The Balaban J connectivity index is 1.35. The molecular formula is C20H17N5O4S. The Morgan fingerprint density at radius 1 is 1.17 bits per heavy atom. The number of hydrazone groups is 1. The number of amidine groups is 1. The highest BCUT2D eigenvalue weighted by Crippen LogP contribution is 2.30. The Hall–Kier alpha value is -3.66. The van der Waals surface area contributed by atoms with E-state index >= 15 is 0 Å². The average Bonchev–Trinajstić information content (AvgIpc) is 3.39. The van der Waals surface area contributed by atoms with Crippen LogP contribution in [0.5, 0.6) is 5.75 Å². The third-order valence-electron chi connectivity index (χ3n) is 4.13. The number of benzene rings is 2. The standard InChI is InChI=1S/C20H17N5O4S/c1-28-15-10-6-5-9-14(15)19-22-23-20(29-19)30-12-17(26)21-16-11-18(27)25(24-16)13-7-3-2-4-8-13/h2-10H,11-12H2,1H3,(H,21,24,26). The van der Waals surface area contributed by atoms with Gasteiger partial charge in [0.25, 0.3) is 17.0 Å². The van der Waals surface area contributed by atoms with E-state index in [0.717, 1.165) is 11.8 Å². The lowest BCUT2D eigenvalue weighted by molar-refractivity contribution is -0.117. The number of hydrogen-bond donors (Lipinski definition) is 1. The number of amides is 2. The molecule has 2 heterocycles. The summed E-state index contributed by atoms with van der Waals surface area (Å²) in [4.78, 5) is 24.4. The maximum Gasteiger partial charge on any atom is 0.277 e. The van der Waals surface area contributed by atoms with Gasteiger partial charge in [0.1, 0.15) is 11.6 Å². The number of nitrogens with one attached hydrogen (secondary N) is 1. The van der Waals surface area contributed by atoms with Crippen molar-refractivity contribution in [3.05, 3.63) is 54.6 Å². The number of carbonyl (C=O) groups excluding carboxylic acids is 2. The number of ether oxygens (including phenoxy) is 1. The summed E-state index contributed by atoms with van der Waals surface area (Å²) in [5.41, 5.74) is 1.32. The maximum absolute atomic E-state index is 12.2. The lowest BCUT2D eigenvalue weighted by Gasteiger charge is -2.10. The van der Waals surface area contributed by atoms with Crippen molar-refractivity contribution < 1.29 is 18.7 Å². The Kier molecular flexibility index (Phi) is 5.75. The number of hydrogen-bond acceptors (Lipinski definition) is 8. The molecule has 3 aromatic rings. The van der Waals surface area contributed by atoms with Gasteiger partial charge in [0, 0.05) is 0 Å². The second-order valence-corrected chi connectivity index (χ2v) is 7.10. The van der Waals surface area contributed by atoms with E-state index in [1.54, 1.807) is 31.4 Å². The minimum Gasteiger partial charge on any atom is -0.496 e. The van der Waals surface area contributed by atoms with Crippen molar-refractivity contribution >= 4 is 35.1 Å². The van der Waals surface area contributed by atoms with Gasteiger partial charge in [-0.1, -0.05) is 42.1 Å². The summed E-state index contributed by atoms with van der Waals surface area (Å²) in [5.74, 6) is 0.726. The number of nitrogens with zero attached hydrogens (tertiary/aromatic N) is 4. The van der Waals surface area contributed by atoms with E-state index in [0.29, 0.717) is 28.7 Å². The maximum atomic E-state index is 12.2. The lowest BCUT2D eigenvalue weighted by atomic mass is 10.2. The molecule has 0 atom stereocenters. The Morgan fingerprint density at radius 2 is 1.93 bits per heavy atom. The topological polar surface area (TPSA) is 110 Å². The third-order valence-corrected chi connectivity index (χ3v) is 4.95. The summed E-state index contributed by atoms with van der Waals surface area (Å²) >= 11 is 1.09. The minimum absolute atomic E-state index is 0.0316. The van der Waals surface area contributed by atoms with Gasteiger partial charge in [0.2, 0.25) is 5.91 Å². The molecule has 0 saturated heterocycles. The second-order valence-electron chi connectivity index (χ2n) is 6.17. The molecule has 10 heteroatoms. The van der Waals surface area contributed by atoms with E-state index < -0.39 is 0 Å². The van der Waals surface area contributed by atoms with E-state index in [9.17, 15) is 9.59 Å². The number of anilines is 1. The summed E-state index contributed by atoms with van der Waals surface area (Å²) in [6.45, 7) is 0. The zero-order chi connectivity index (χ0) is 20.9. The van der Waals surface area contributed by atoms with Gasteiger partial charge in [-0.05, 0) is 24.3 Å². The zero-order valence-corrected chi connectivity index (χ0v) is 16.8. The first-order valence-electron chi connectivity index (χ1n) is 8.99. The molecule has 4 rings (SSSR count). The van der Waals surface area contributed by atoms with Crippen LogP contribution in [0.4, 0.5) is 5.69 Å². The van der Waals surface area contributed by atoms with Crippen molar-refractivity contribution in [1.29, 1.82) is 0 Å². The predicted molar refractivity (Wildman–Crippen MR) is 111 cm³/mol. The van der Waals surface area contributed by atoms with Gasteiger partial charge < -0.3 is 14.5 Å². The molecule has 1 aliphatic rings. The molecule has 0 unspecified atom stereocenters. The Bertz CT molecular complexity index is 1100. The van der Waals surface area contributed by atoms with E-state index in [1.807, 2.05) is 30.3 Å². The highest BCUT2D eigenvalue weighted by molar-refractivity contribution is 7.99. The van der Waals surface area contributed by atoms with Crippen LogP contribution in [0.1, 0.15) is 6.42 Å². The second kappa shape index (κ2) is 8.78. The van der Waals surface area contributed by atoms with Gasteiger partial charge in [-0.25, -0.2) is 0 Å². The van der Waals surface area contributed by atoms with Crippen LogP contribution in [0.2, 0.25) is 0 Å². The molecule has 152 valence electrons. The lowest BCUT2D eigenvalue weighted by Crippen LogP contribution is -2.31. The third kappa shape index (κ3) is 4.33. The number of aromatic nitrogens is 2. The Labute approximate surface area is 176 Å². The quantitative estimate of drug-likeness (QED) is 0.607. The van der Waals surface area contributed by atoms with Gasteiger partial charge in [0.15, 0.2) is 0 Å². The summed E-state index contributed by atoms with van der Waals surface area (Å²) in [6.07, 6.45) is 0.0316. The minimum atomic E-state index is -0.321. The van der Waals surface area contributed by atoms with E-state index in [2.05, 4.69) is 20.6 Å². The van der Waals surface area contributed by atoms with E-state index in [-0.39, 0.29) is 29.2 Å². The number of methoxy groups -OCH3 is 1. The van der Waals surface area contributed by atoms with Crippen LogP contribution in [0.25, 0.3) is 11.5 Å². The predicted octanol–water partition coefficient (Wildman–Crippen LogP) is 2.70. The highest BCUT2D eigenvalue weighted by Gasteiger charge is 2.26. The van der Waals surface area contributed by atoms with Crippen molar-refractivity contribution in [1.82, 2.24) is 15.5 Å². The highest BCUT2D eigenvalue weighted by atomic mass is 32.2. The molecule has 30 heavy (non-hydrogen) atoms. The van der Waals surface area contributed by atoms with Crippen molar-refractivity contribution in [2.45, 2.75) is 11.6 Å². The molecule has 2 amide bonds. The van der Waals surface area contributed by atoms with Crippen LogP contribution in [-0.4, -0.2) is 40.7 Å². The molecule has 2 aromatic carbocycles. The van der Waals surface area contributed by atoms with Gasteiger partial charge >= 0.3 is 0 Å².